The lowest BCUT2D eigenvalue weighted by Crippen LogP contribution is -2.41. The molecule has 1 saturated heterocycles. The molecular formula is C21H24N4O4. The molecule has 2 atom stereocenters. The van der Waals surface area contributed by atoms with Gasteiger partial charge in [-0.25, -0.2) is 0 Å². The van der Waals surface area contributed by atoms with Crippen LogP contribution in [-0.4, -0.2) is 42.8 Å². The van der Waals surface area contributed by atoms with Gasteiger partial charge in [0, 0.05) is 43.8 Å². The van der Waals surface area contributed by atoms with Crippen molar-refractivity contribution in [2.45, 2.75) is 19.0 Å². The number of nitro groups is 1. The first-order valence-electron chi connectivity index (χ1n) is 9.59. The number of fused-ring (bicyclic) bond motifs is 1. The number of likely N-dealkylation sites (tertiary alicyclic amines) is 1. The third-order valence-electron chi connectivity index (χ3n) is 5.60. The lowest BCUT2D eigenvalue weighted by Gasteiger charge is -2.33. The zero-order valence-electron chi connectivity index (χ0n) is 16.5. The van der Waals surface area contributed by atoms with E-state index in [1.165, 1.54) is 19.8 Å². The zero-order chi connectivity index (χ0) is 20.4. The van der Waals surface area contributed by atoms with Gasteiger partial charge in [0.2, 0.25) is 5.75 Å². The van der Waals surface area contributed by atoms with Crippen molar-refractivity contribution in [3.05, 3.63) is 63.7 Å². The molecule has 1 N–H and O–H groups in total. The van der Waals surface area contributed by atoms with Crippen LogP contribution in [0.15, 0.2) is 47.6 Å². The van der Waals surface area contributed by atoms with Gasteiger partial charge in [0.15, 0.2) is 5.75 Å². The Labute approximate surface area is 169 Å². The van der Waals surface area contributed by atoms with E-state index in [-0.39, 0.29) is 23.4 Å². The van der Waals surface area contributed by atoms with Gasteiger partial charge in [-0.1, -0.05) is 30.3 Å². The van der Waals surface area contributed by atoms with E-state index in [1.807, 2.05) is 6.07 Å². The summed E-state index contributed by atoms with van der Waals surface area (Å²) >= 11 is 0. The normalized spacial score (nSPS) is 21.1. The standard InChI is InChI=1S/C21H24N4O4/c1-28-19-11-15(10-18(25(26)27)21(19)29-2)20-16-13-24(9-8-17(16)22-23-20)12-14-6-4-3-5-7-14/h3-7,10-11,16,20,23H,8-9,12-13H2,1-2H3. The molecule has 4 rings (SSSR count). The number of ether oxygens (including phenoxy) is 2. The Hall–Kier alpha value is -3.13. The Balaban J connectivity index is 1.59. The van der Waals surface area contributed by atoms with Gasteiger partial charge in [0.05, 0.1) is 25.2 Å². The van der Waals surface area contributed by atoms with Crippen LogP contribution < -0.4 is 14.9 Å². The van der Waals surface area contributed by atoms with E-state index >= 15 is 0 Å². The Morgan fingerprint density at radius 3 is 2.72 bits per heavy atom. The van der Waals surface area contributed by atoms with Gasteiger partial charge >= 0.3 is 5.69 Å². The molecule has 1 fully saturated rings. The fourth-order valence-electron chi connectivity index (χ4n) is 4.18. The molecule has 2 aromatic carbocycles. The fourth-order valence-corrected chi connectivity index (χ4v) is 4.18. The summed E-state index contributed by atoms with van der Waals surface area (Å²) in [5, 5.41) is 16.1. The number of hydrogen-bond acceptors (Lipinski definition) is 7. The highest BCUT2D eigenvalue weighted by Gasteiger charge is 2.38. The maximum atomic E-state index is 11.6. The Morgan fingerprint density at radius 1 is 1.24 bits per heavy atom. The summed E-state index contributed by atoms with van der Waals surface area (Å²) in [7, 11) is 2.89. The maximum absolute atomic E-state index is 11.6. The number of hydrazone groups is 1. The number of hydrogen-bond donors (Lipinski definition) is 1. The van der Waals surface area contributed by atoms with E-state index in [1.54, 1.807) is 12.1 Å². The number of rotatable bonds is 6. The van der Waals surface area contributed by atoms with Crippen LogP contribution in [0.4, 0.5) is 5.69 Å². The monoisotopic (exact) mass is 396 g/mol. The van der Waals surface area contributed by atoms with Crippen molar-refractivity contribution in [2.75, 3.05) is 27.3 Å². The van der Waals surface area contributed by atoms with Crippen LogP contribution in [0.2, 0.25) is 0 Å². The van der Waals surface area contributed by atoms with Gasteiger partial charge in [0.1, 0.15) is 0 Å². The summed E-state index contributed by atoms with van der Waals surface area (Å²) in [6.45, 7) is 2.67. The highest BCUT2D eigenvalue weighted by Crippen LogP contribution is 2.42. The van der Waals surface area contributed by atoms with Crippen LogP contribution in [0, 0.1) is 16.0 Å². The van der Waals surface area contributed by atoms with Crippen molar-refractivity contribution in [3.8, 4) is 11.5 Å². The third-order valence-corrected chi connectivity index (χ3v) is 5.60. The van der Waals surface area contributed by atoms with E-state index in [0.29, 0.717) is 5.75 Å². The molecule has 29 heavy (non-hydrogen) atoms. The van der Waals surface area contributed by atoms with Crippen molar-refractivity contribution in [2.24, 2.45) is 11.0 Å². The van der Waals surface area contributed by atoms with Gasteiger partial charge in [0.25, 0.3) is 0 Å². The minimum atomic E-state index is -0.440. The van der Waals surface area contributed by atoms with E-state index in [2.05, 4.69) is 39.7 Å². The molecular weight excluding hydrogens is 372 g/mol. The summed E-state index contributed by atoms with van der Waals surface area (Å²) in [5.41, 5.74) is 6.27. The average molecular weight is 396 g/mol. The summed E-state index contributed by atoms with van der Waals surface area (Å²) < 4.78 is 10.6. The van der Waals surface area contributed by atoms with Crippen molar-refractivity contribution >= 4 is 11.4 Å². The highest BCUT2D eigenvalue weighted by atomic mass is 16.6. The Kier molecular flexibility index (Phi) is 5.35. The summed E-state index contributed by atoms with van der Waals surface area (Å²) in [6.07, 6.45) is 0.885. The van der Waals surface area contributed by atoms with Crippen LogP contribution in [0.5, 0.6) is 11.5 Å². The second-order valence-electron chi connectivity index (χ2n) is 7.32. The quantitative estimate of drug-likeness (QED) is 0.596. The summed E-state index contributed by atoms with van der Waals surface area (Å²) in [5.74, 6) is 0.642. The van der Waals surface area contributed by atoms with Crippen molar-refractivity contribution in [1.82, 2.24) is 10.3 Å². The Morgan fingerprint density at radius 2 is 2.03 bits per heavy atom. The maximum Gasteiger partial charge on any atom is 0.315 e. The second-order valence-corrected chi connectivity index (χ2v) is 7.32. The molecule has 2 aromatic rings. The SMILES string of the molecule is COc1cc(C2NN=C3CCN(Cc4ccccc4)CC32)cc([N+](=O)[O-])c1OC. The number of nitro benzene ring substituents is 1. The van der Waals surface area contributed by atoms with Gasteiger partial charge in [-0.3, -0.25) is 15.0 Å². The van der Waals surface area contributed by atoms with Crippen LogP contribution >= 0.6 is 0 Å². The van der Waals surface area contributed by atoms with Crippen LogP contribution in [-0.2, 0) is 6.54 Å². The number of nitrogens with zero attached hydrogens (tertiary/aromatic N) is 3. The molecule has 0 aliphatic carbocycles. The number of piperidine rings is 1. The first-order valence-corrected chi connectivity index (χ1v) is 9.59. The largest absolute Gasteiger partial charge is 0.493 e. The van der Waals surface area contributed by atoms with Crippen LogP contribution in [0.1, 0.15) is 23.6 Å². The van der Waals surface area contributed by atoms with E-state index in [0.717, 1.165) is 37.3 Å². The molecule has 0 saturated carbocycles. The van der Waals surface area contributed by atoms with Crippen LogP contribution in [0.25, 0.3) is 0 Å². The smallest absolute Gasteiger partial charge is 0.315 e. The molecule has 0 amide bonds. The number of nitrogens with one attached hydrogen (secondary N) is 1. The van der Waals surface area contributed by atoms with Crippen molar-refractivity contribution < 1.29 is 14.4 Å². The molecule has 152 valence electrons. The predicted octanol–water partition coefficient (Wildman–Crippen LogP) is 3.13. The topological polar surface area (TPSA) is 89.2 Å². The molecule has 0 bridgehead atoms. The fraction of sp³-hybridized carbons (Fsp3) is 0.381. The minimum Gasteiger partial charge on any atom is -0.493 e. The molecule has 2 unspecified atom stereocenters. The van der Waals surface area contributed by atoms with E-state index < -0.39 is 4.92 Å². The molecule has 0 radical (unpaired) electrons. The van der Waals surface area contributed by atoms with Gasteiger partial charge in [-0.05, 0) is 17.2 Å². The van der Waals surface area contributed by atoms with Crippen LogP contribution in [0.3, 0.4) is 0 Å². The van der Waals surface area contributed by atoms with Gasteiger partial charge in [-0.15, -0.1) is 0 Å². The minimum absolute atomic E-state index is 0.103. The predicted molar refractivity (Wildman–Crippen MR) is 109 cm³/mol. The zero-order valence-corrected chi connectivity index (χ0v) is 16.5. The molecule has 8 heteroatoms. The van der Waals surface area contributed by atoms with Gasteiger partial charge < -0.3 is 14.9 Å². The lowest BCUT2D eigenvalue weighted by atomic mass is 9.86. The van der Waals surface area contributed by atoms with Crippen molar-refractivity contribution in [1.29, 1.82) is 0 Å². The third kappa shape index (κ3) is 3.75. The number of methoxy groups -OCH3 is 2. The number of benzene rings is 2. The molecule has 0 aromatic heterocycles. The molecule has 2 aliphatic rings. The van der Waals surface area contributed by atoms with Crippen molar-refractivity contribution in [3.63, 3.8) is 0 Å². The first-order chi connectivity index (χ1) is 14.1. The lowest BCUT2D eigenvalue weighted by molar-refractivity contribution is -0.385. The average Bonchev–Trinajstić information content (AvgIpc) is 3.16. The second kappa shape index (κ2) is 8.08. The summed E-state index contributed by atoms with van der Waals surface area (Å²) in [6, 6.07) is 13.6. The summed E-state index contributed by atoms with van der Waals surface area (Å²) in [4.78, 5) is 13.5. The molecule has 0 spiro atoms. The molecule has 8 nitrogen and oxygen atoms in total. The molecule has 2 heterocycles. The first kappa shape index (κ1) is 19.2. The van der Waals surface area contributed by atoms with E-state index in [4.69, 9.17) is 9.47 Å². The highest BCUT2D eigenvalue weighted by molar-refractivity contribution is 5.90. The van der Waals surface area contributed by atoms with E-state index in [9.17, 15) is 10.1 Å². The Bertz CT molecular complexity index is 932. The van der Waals surface area contributed by atoms with Gasteiger partial charge in [-0.2, -0.15) is 5.10 Å². The molecule has 2 aliphatic heterocycles.